The Bertz CT molecular complexity index is 728. The molecule has 3 rings (SSSR count). The maximum absolute atomic E-state index is 13.8. The van der Waals surface area contributed by atoms with Gasteiger partial charge in [0.15, 0.2) is 0 Å². The first kappa shape index (κ1) is 16.8. The van der Waals surface area contributed by atoms with Gasteiger partial charge < -0.3 is 5.32 Å². The predicted molar refractivity (Wildman–Crippen MR) is 89.3 cm³/mol. The van der Waals surface area contributed by atoms with Crippen LogP contribution in [0.15, 0.2) is 36.8 Å². The van der Waals surface area contributed by atoms with Crippen molar-refractivity contribution in [1.82, 2.24) is 20.2 Å². The van der Waals surface area contributed by atoms with Crippen LogP contribution in [0.5, 0.6) is 0 Å². The van der Waals surface area contributed by atoms with Gasteiger partial charge in [-0.15, -0.1) is 0 Å². The maximum atomic E-state index is 13.8. The van der Waals surface area contributed by atoms with E-state index in [4.69, 9.17) is 11.6 Å². The zero-order valence-electron chi connectivity index (χ0n) is 13.2. The van der Waals surface area contributed by atoms with Crippen LogP contribution in [0.1, 0.15) is 28.5 Å². The Morgan fingerprint density at radius 1 is 1.46 bits per heavy atom. The first-order valence-electron chi connectivity index (χ1n) is 7.75. The van der Waals surface area contributed by atoms with Gasteiger partial charge in [-0.2, -0.15) is 0 Å². The number of nitrogens with one attached hydrogen (secondary N) is 1. The van der Waals surface area contributed by atoms with Crippen molar-refractivity contribution >= 4 is 17.5 Å². The number of amides is 1. The van der Waals surface area contributed by atoms with Crippen LogP contribution in [0.3, 0.4) is 0 Å². The van der Waals surface area contributed by atoms with E-state index in [1.54, 1.807) is 6.07 Å². The molecule has 1 N–H and O–H groups in total. The van der Waals surface area contributed by atoms with Gasteiger partial charge in [0.05, 0.1) is 11.2 Å². The highest BCUT2D eigenvalue weighted by Gasteiger charge is 2.33. The minimum Gasteiger partial charge on any atom is -0.350 e. The van der Waals surface area contributed by atoms with Gasteiger partial charge in [0.25, 0.3) is 5.91 Å². The van der Waals surface area contributed by atoms with Crippen molar-refractivity contribution in [3.05, 3.63) is 58.9 Å². The smallest absolute Gasteiger partial charge is 0.271 e. The molecule has 1 aromatic heterocycles. The van der Waals surface area contributed by atoms with Crippen LogP contribution in [-0.2, 0) is 0 Å². The summed E-state index contributed by atoms with van der Waals surface area (Å²) >= 11 is 5.77. The monoisotopic (exact) mass is 348 g/mol. The largest absolute Gasteiger partial charge is 0.350 e. The van der Waals surface area contributed by atoms with E-state index in [0.29, 0.717) is 6.54 Å². The standard InChI is InChI=1S/C17H18ClFN4O/c1-23-7-4-12(9-22-17(24)15-10-20-5-6-21-15)16(23)11-2-3-13(18)14(19)8-11/h2-3,5-6,8,10,12,16H,4,7,9H2,1H3,(H,22,24)/t12-,16-/m1/s1. The summed E-state index contributed by atoms with van der Waals surface area (Å²) in [6, 6.07) is 4.94. The maximum Gasteiger partial charge on any atom is 0.271 e. The Morgan fingerprint density at radius 2 is 2.29 bits per heavy atom. The van der Waals surface area contributed by atoms with Crippen molar-refractivity contribution in [3.63, 3.8) is 0 Å². The SMILES string of the molecule is CN1CC[C@H](CNC(=O)c2cnccn2)[C@H]1c1ccc(Cl)c(F)c1. The summed E-state index contributed by atoms with van der Waals surface area (Å²) in [5, 5.41) is 3.02. The van der Waals surface area contributed by atoms with Crippen molar-refractivity contribution in [2.45, 2.75) is 12.5 Å². The summed E-state index contributed by atoms with van der Waals surface area (Å²) in [5.74, 6) is -0.480. The summed E-state index contributed by atoms with van der Waals surface area (Å²) in [6.07, 6.45) is 5.36. The normalized spacial score (nSPS) is 21.0. The second-order valence-electron chi connectivity index (χ2n) is 5.95. The van der Waals surface area contributed by atoms with Crippen LogP contribution >= 0.6 is 11.6 Å². The Labute approximate surface area is 144 Å². The highest BCUT2D eigenvalue weighted by atomic mass is 35.5. The third-order valence-electron chi connectivity index (χ3n) is 4.38. The highest BCUT2D eigenvalue weighted by molar-refractivity contribution is 6.30. The zero-order chi connectivity index (χ0) is 17.1. The van der Waals surface area contributed by atoms with Crippen LogP contribution in [-0.4, -0.2) is 40.9 Å². The van der Waals surface area contributed by atoms with Crippen LogP contribution in [0.4, 0.5) is 4.39 Å². The highest BCUT2D eigenvalue weighted by Crippen LogP contribution is 2.36. The molecule has 0 radical (unpaired) electrons. The van der Waals surface area contributed by atoms with Crippen molar-refractivity contribution in [1.29, 1.82) is 0 Å². The Balaban J connectivity index is 1.70. The molecule has 1 aromatic carbocycles. The molecule has 0 unspecified atom stereocenters. The van der Waals surface area contributed by atoms with Crippen LogP contribution in [0.25, 0.3) is 0 Å². The quantitative estimate of drug-likeness (QED) is 0.923. The number of carbonyl (C=O) groups excluding carboxylic acids is 1. The van der Waals surface area contributed by atoms with Gasteiger partial charge in [0.2, 0.25) is 0 Å². The summed E-state index contributed by atoms with van der Waals surface area (Å²) in [7, 11) is 2.00. The molecule has 1 amide bonds. The first-order chi connectivity index (χ1) is 11.6. The van der Waals surface area contributed by atoms with Crippen molar-refractivity contribution in [2.75, 3.05) is 20.1 Å². The molecule has 24 heavy (non-hydrogen) atoms. The lowest BCUT2D eigenvalue weighted by Gasteiger charge is -2.26. The number of hydrogen-bond acceptors (Lipinski definition) is 4. The van der Waals surface area contributed by atoms with Gasteiger partial charge in [-0.05, 0) is 43.6 Å². The van der Waals surface area contributed by atoms with Crippen LogP contribution in [0.2, 0.25) is 5.02 Å². The fourth-order valence-corrected chi connectivity index (χ4v) is 3.31. The van der Waals surface area contributed by atoms with Gasteiger partial charge in [0.1, 0.15) is 11.5 Å². The number of hydrogen-bond donors (Lipinski definition) is 1. The Hall–Kier alpha value is -2.05. The van der Waals surface area contributed by atoms with Crippen LogP contribution < -0.4 is 5.32 Å². The van der Waals surface area contributed by atoms with Gasteiger partial charge in [-0.1, -0.05) is 17.7 Å². The second-order valence-corrected chi connectivity index (χ2v) is 6.36. The molecule has 0 bridgehead atoms. The van der Waals surface area contributed by atoms with Crippen molar-refractivity contribution < 1.29 is 9.18 Å². The third-order valence-corrected chi connectivity index (χ3v) is 4.69. The number of benzene rings is 1. The molecule has 0 aliphatic carbocycles. The molecular weight excluding hydrogens is 331 g/mol. The van der Waals surface area contributed by atoms with Crippen LogP contribution in [0, 0.1) is 11.7 Å². The third kappa shape index (κ3) is 3.55. The summed E-state index contributed by atoms with van der Waals surface area (Å²) in [6.45, 7) is 1.38. The fourth-order valence-electron chi connectivity index (χ4n) is 3.19. The van der Waals surface area contributed by atoms with Crippen molar-refractivity contribution in [2.24, 2.45) is 5.92 Å². The average Bonchev–Trinajstić information content (AvgIpc) is 2.96. The molecule has 1 fully saturated rings. The predicted octanol–water partition coefficient (Wildman–Crippen LogP) is 2.69. The number of nitrogens with zero attached hydrogens (tertiary/aromatic N) is 3. The summed E-state index contributed by atoms with van der Waals surface area (Å²) in [5.41, 5.74) is 1.16. The Morgan fingerprint density at radius 3 is 3.00 bits per heavy atom. The molecule has 2 atom stereocenters. The minimum atomic E-state index is -0.420. The summed E-state index contributed by atoms with van der Waals surface area (Å²) < 4.78 is 13.8. The number of rotatable bonds is 4. The molecule has 1 saturated heterocycles. The topological polar surface area (TPSA) is 58.1 Å². The second kappa shape index (κ2) is 7.23. The Kier molecular flexibility index (Phi) is 5.06. The van der Waals surface area contributed by atoms with E-state index < -0.39 is 5.82 Å². The molecule has 2 aromatic rings. The number of carbonyl (C=O) groups is 1. The number of aromatic nitrogens is 2. The van der Waals surface area contributed by atoms with E-state index in [0.717, 1.165) is 18.5 Å². The van der Waals surface area contributed by atoms with E-state index in [1.165, 1.54) is 24.7 Å². The zero-order valence-corrected chi connectivity index (χ0v) is 14.0. The molecule has 7 heteroatoms. The summed E-state index contributed by atoms with van der Waals surface area (Å²) in [4.78, 5) is 22.2. The molecule has 2 heterocycles. The molecule has 1 aliphatic rings. The minimum absolute atomic E-state index is 0.0407. The lowest BCUT2D eigenvalue weighted by molar-refractivity contribution is 0.0938. The van der Waals surface area contributed by atoms with Gasteiger partial charge in [-0.3, -0.25) is 14.7 Å². The van der Waals surface area contributed by atoms with Gasteiger partial charge in [-0.25, -0.2) is 9.37 Å². The molecule has 0 spiro atoms. The van der Waals surface area contributed by atoms with Crippen molar-refractivity contribution in [3.8, 4) is 0 Å². The lowest BCUT2D eigenvalue weighted by atomic mass is 9.93. The lowest BCUT2D eigenvalue weighted by Crippen LogP contribution is -2.32. The first-order valence-corrected chi connectivity index (χ1v) is 8.13. The fraction of sp³-hybridized carbons (Fsp3) is 0.353. The van der Waals surface area contributed by atoms with E-state index in [-0.39, 0.29) is 28.6 Å². The molecule has 1 aliphatic heterocycles. The number of halogens is 2. The molecular formula is C17H18ClFN4O. The van der Waals surface area contributed by atoms with E-state index in [1.807, 2.05) is 13.1 Å². The molecule has 126 valence electrons. The van der Waals surface area contributed by atoms with E-state index >= 15 is 0 Å². The average molecular weight is 349 g/mol. The van der Waals surface area contributed by atoms with Gasteiger partial charge in [0, 0.05) is 25.0 Å². The van der Waals surface area contributed by atoms with E-state index in [2.05, 4.69) is 20.2 Å². The van der Waals surface area contributed by atoms with E-state index in [9.17, 15) is 9.18 Å². The van der Waals surface area contributed by atoms with Gasteiger partial charge >= 0.3 is 0 Å². The molecule has 5 nitrogen and oxygen atoms in total. The molecule has 0 saturated carbocycles. The number of likely N-dealkylation sites (tertiary alicyclic amines) is 1.